The zero-order valence-electron chi connectivity index (χ0n) is 15.8. The Morgan fingerprint density at radius 2 is 1.38 bits per heavy atom. The Morgan fingerprint density at radius 1 is 0.833 bits per heavy atom. The molecule has 0 bridgehead atoms. The van der Waals surface area contributed by atoms with Crippen LogP contribution in [0.15, 0.2) is 0 Å². The van der Waals surface area contributed by atoms with Gasteiger partial charge in [-0.3, -0.25) is 0 Å². The molecule has 0 heterocycles. The minimum Gasteiger partial charge on any atom is -0.480 e. The van der Waals surface area contributed by atoms with Gasteiger partial charge in [-0.05, 0) is 13.3 Å². The molecule has 5 nitrogen and oxygen atoms in total. The molecule has 24 heavy (non-hydrogen) atoms. The quantitative estimate of drug-likeness (QED) is 0.351. The number of carbonyl (C=O) groups is 1. The molecule has 1 atom stereocenters. The summed E-state index contributed by atoms with van der Waals surface area (Å²) < 4.78 is 16.0. The molecule has 0 spiro atoms. The second kappa shape index (κ2) is 18.7. The predicted molar refractivity (Wildman–Crippen MR) is 96.5 cm³/mol. The van der Waals surface area contributed by atoms with Gasteiger partial charge in [0.15, 0.2) is 0 Å². The van der Waals surface area contributed by atoms with Crippen molar-refractivity contribution in [2.75, 3.05) is 33.0 Å². The van der Waals surface area contributed by atoms with Crippen LogP contribution in [0, 0.1) is 0 Å². The van der Waals surface area contributed by atoms with Crippen LogP contribution >= 0.6 is 0 Å². The van der Waals surface area contributed by atoms with Crippen molar-refractivity contribution in [3.05, 3.63) is 0 Å². The second-order valence-corrected chi connectivity index (χ2v) is 6.38. The maximum absolute atomic E-state index is 10.2. The molecule has 0 aliphatic rings. The van der Waals surface area contributed by atoms with Crippen molar-refractivity contribution in [3.63, 3.8) is 0 Å². The van der Waals surface area contributed by atoms with Crippen LogP contribution < -0.4 is 0 Å². The van der Waals surface area contributed by atoms with Crippen LogP contribution in [0.5, 0.6) is 0 Å². The van der Waals surface area contributed by atoms with E-state index < -0.39 is 5.97 Å². The third-order valence-corrected chi connectivity index (χ3v) is 3.85. The van der Waals surface area contributed by atoms with Crippen LogP contribution in [0.4, 0.5) is 0 Å². The fraction of sp³-hybridized carbons (Fsp3) is 0.947. The van der Waals surface area contributed by atoms with E-state index in [4.69, 9.17) is 19.3 Å². The number of hydrogen-bond acceptors (Lipinski definition) is 4. The van der Waals surface area contributed by atoms with E-state index in [1.165, 1.54) is 57.8 Å². The molecule has 1 unspecified atom stereocenters. The summed E-state index contributed by atoms with van der Waals surface area (Å²) >= 11 is 0. The van der Waals surface area contributed by atoms with Crippen molar-refractivity contribution in [1.29, 1.82) is 0 Å². The van der Waals surface area contributed by atoms with E-state index in [-0.39, 0.29) is 12.7 Å². The topological polar surface area (TPSA) is 65.0 Å². The number of carboxylic acid groups (broad SMARTS) is 1. The number of rotatable bonds is 19. The molecule has 0 aliphatic carbocycles. The molecular weight excluding hydrogens is 308 g/mol. The Labute approximate surface area is 148 Å². The average molecular weight is 347 g/mol. The Hall–Kier alpha value is -0.650. The predicted octanol–water partition coefficient (Wildman–Crippen LogP) is 4.43. The molecule has 0 amide bonds. The van der Waals surface area contributed by atoms with E-state index in [2.05, 4.69) is 6.92 Å². The molecule has 0 aromatic heterocycles. The zero-order valence-corrected chi connectivity index (χ0v) is 15.8. The third kappa shape index (κ3) is 19.4. The fourth-order valence-corrected chi connectivity index (χ4v) is 2.45. The molecule has 0 rings (SSSR count). The van der Waals surface area contributed by atoms with E-state index in [0.29, 0.717) is 19.8 Å². The highest BCUT2D eigenvalue weighted by molar-refractivity contribution is 5.67. The van der Waals surface area contributed by atoms with Crippen LogP contribution in [0.2, 0.25) is 0 Å². The summed E-state index contributed by atoms with van der Waals surface area (Å²) in [6, 6.07) is 0. The van der Waals surface area contributed by atoms with Crippen molar-refractivity contribution < 1.29 is 24.1 Å². The first-order valence-electron chi connectivity index (χ1n) is 9.65. The lowest BCUT2D eigenvalue weighted by Crippen LogP contribution is -2.19. The Morgan fingerprint density at radius 3 is 1.96 bits per heavy atom. The molecule has 0 saturated carbocycles. The van der Waals surface area contributed by atoms with E-state index in [9.17, 15) is 4.79 Å². The van der Waals surface area contributed by atoms with Crippen molar-refractivity contribution in [1.82, 2.24) is 0 Å². The minimum atomic E-state index is -0.955. The van der Waals surface area contributed by atoms with Crippen molar-refractivity contribution in [2.24, 2.45) is 0 Å². The molecule has 1 N–H and O–H groups in total. The van der Waals surface area contributed by atoms with Crippen LogP contribution in [-0.4, -0.2) is 50.2 Å². The first-order chi connectivity index (χ1) is 11.7. The molecule has 0 aromatic rings. The smallest absolute Gasteiger partial charge is 0.329 e. The first kappa shape index (κ1) is 23.4. The van der Waals surface area contributed by atoms with Crippen LogP contribution in [0.3, 0.4) is 0 Å². The highest BCUT2D eigenvalue weighted by Gasteiger charge is 2.02. The number of hydrogen-bond donors (Lipinski definition) is 1. The van der Waals surface area contributed by atoms with Crippen molar-refractivity contribution in [3.8, 4) is 0 Å². The van der Waals surface area contributed by atoms with Gasteiger partial charge in [0.25, 0.3) is 0 Å². The third-order valence-electron chi connectivity index (χ3n) is 3.85. The Kier molecular flexibility index (Phi) is 18.2. The van der Waals surface area contributed by atoms with Gasteiger partial charge < -0.3 is 19.3 Å². The van der Waals surface area contributed by atoms with E-state index >= 15 is 0 Å². The maximum atomic E-state index is 10.2. The van der Waals surface area contributed by atoms with Gasteiger partial charge in [0.2, 0.25) is 0 Å². The van der Waals surface area contributed by atoms with Gasteiger partial charge in [-0.1, -0.05) is 64.7 Å². The largest absolute Gasteiger partial charge is 0.480 e. The van der Waals surface area contributed by atoms with Crippen LogP contribution in [0.1, 0.15) is 78.1 Å². The lowest BCUT2D eigenvalue weighted by molar-refractivity contribution is -0.142. The van der Waals surface area contributed by atoms with Gasteiger partial charge in [0.1, 0.15) is 6.61 Å². The Bertz CT molecular complexity index is 270. The summed E-state index contributed by atoms with van der Waals surface area (Å²) in [5.74, 6) is -0.955. The molecule has 144 valence electrons. The normalized spacial score (nSPS) is 12.4. The van der Waals surface area contributed by atoms with E-state index in [0.717, 1.165) is 13.0 Å². The van der Waals surface area contributed by atoms with Crippen molar-refractivity contribution >= 4 is 5.97 Å². The van der Waals surface area contributed by atoms with Crippen LogP contribution in [-0.2, 0) is 19.0 Å². The number of carboxylic acids is 1. The number of unbranched alkanes of at least 4 members (excludes halogenated alkanes) is 9. The summed E-state index contributed by atoms with van der Waals surface area (Å²) in [4.78, 5) is 10.2. The first-order valence-corrected chi connectivity index (χ1v) is 9.65. The van der Waals surface area contributed by atoms with Gasteiger partial charge in [-0.2, -0.15) is 0 Å². The fourth-order valence-electron chi connectivity index (χ4n) is 2.45. The van der Waals surface area contributed by atoms with E-state index in [1.807, 2.05) is 6.92 Å². The minimum absolute atomic E-state index is 0.0723. The number of ether oxygens (including phenoxy) is 3. The second-order valence-electron chi connectivity index (χ2n) is 6.38. The maximum Gasteiger partial charge on any atom is 0.329 e. The highest BCUT2D eigenvalue weighted by Crippen LogP contribution is 2.10. The molecule has 0 aromatic carbocycles. The lowest BCUT2D eigenvalue weighted by Gasteiger charge is -2.13. The molecular formula is C19H38O5. The van der Waals surface area contributed by atoms with Gasteiger partial charge in [-0.15, -0.1) is 0 Å². The Balaban J connectivity index is 3.15. The average Bonchev–Trinajstić information content (AvgIpc) is 2.55. The van der Waals surface area contributed by atoms with Gasteiger partial charge >= 0.3 is 5.97 Å². The monoisotopic (exact) mass is 346 g/mol. The standard InChI is InChI=1S/C19H38O5/c1-3-4-5-6-7-8-9-10-11-12-13-24-18(2)16-22-14-15-23-17-19(20)21/h18H,3-17H2,1-2H3,(H,20,21). The zero-order chi connectivity index (χ0) is 17.9. The SMILES string of the molecule is CCCCCCCCCCCCOC(C)COCCOCC(=O)O. The van der Waals surface area contributed by atoms with Gasteiger partial charge in [0, 0.05) is 6.61 Å². The molecule has 0 aliphatic heterocycles. The molecule has 5 heteroatoms. The summed E-state index contributed by atoms with van der Waals surface area (Å²) in [6.45, 7) is 6.00. The van der Waals surface area contributed by atoms with Crippen molar-refractivity contribution in [2.45, 2.75) is 84.2 Å². The highest BCUT2D eigenvalue weighted by atomic mass is 16.6. The number of aliphatic carboxylic acids is 1. The van der Waals surface area contributed by atoms with Crippen LogP contribution in [0.25, 0.3) is 0 Å². The summed E-state index contributed by atoms with van der Waals surface area (Å²) in [6.07, 6.45) is 13.3. The van der Waals surface area contributed by atoms with Gasteiger partial charge in [-0.25, -0.2) is 4.79 Å². The van der Waals surface area contributed by atoms with E-state index in [1.54, 1.807) is 0 Å². The molecule has 0 saturated heterocycles. The summed E-state index contributed by atoms with van der Waals surface area (Å²) in [5, 5.41) is 8.40. The molecule has 0 fully saturated rings. The lowest BCUT2D eigenvalue weighted by atomic mass is 10.1. The van der Waals surface area contributed by atoms with Gasteiger partial charge in [0.05, 0.1) is 25.9 Å². The summed E-state index contributed by atoms with van der Waals surface area (Å²) in [5.41, 5.74) is 0. The summed E-state index contributed by atoms with van der Waals surface area (Å²) in [7, 11) is 0. The molecule has 0 radical (unpaired) electrons.